The number of nitrogens with one attached hydrogen (secondary N) is 1. The fourth-order valence-electron chi connectivity index (χ4n) is 2.64. The number of amides is 2. The van der Waals surface area contributed by atoms with Gasteiger partial charge in [-0.2, -0.15) is 0 Å². The smallest absolute Gasteiger partial charge is 0.353 e. The van der Waals surface area contributed by atoms with Crippen molar-refractivity contribution in [2.45, 2.75) is 17.5 Å². The number of carbonyl (C=O) groups is 3. The predicted octanol–water partition coefficient (Wildman–Crippen LogP) is 0.621. The van der Waals surface area contributed by atoms with Crippen molar-refractivity contribution in [1.29, 1.82) is 0 Å². The second-order valence-corrected chi connectivity index (χ2v) is 6.90. The third-order valence-corrected chi connectivity index (χ3v) is 5.61. The summed E-state index contributed by atoms with van der Waals surface area (Å²) in [6.07, 6.45) is 0. The van der Waals surface area contributed by atoms with Crippen LogP contribution in [-0.4, -0.2) is 45.0 Å². The highest BCUT2D eigenvalue weighted by Crippen LogP contribution is 2.41. The zero-order valence-corrected chi connectivity index (χ0v) is 13.9. The van der Waals surface area contributed by atoms with Crippen LogP contribution in [-0.2, 0) is 14.4 Å². The van der Waals surface area contributed by atoms with Gasteiger partial charge in [0.2, 0.25) is 5.91 Å². The van der Waals surface area contributed by atoms with Crippen molar-refractivity contribution < 1.29 is 19.5 Å². The lowest BCUT2D eigenvalue weighted by atomic mass is 10.0. The Morgan fingerprint density at radius 2 is 2.04 bits per heavy atom. The summed E-state index contributed by atoms with van der Waals surface area (Å²) in [7, 11) is 0. The molecule has 2 amide bonds. The Hall–Kier alpha value is -2.03. The zero-order chi connectivity index (χ0) is 17.4. The Morgan fingerprint density at radius 3 is 2.67 bits per heavy atom. The maximum absolute atomic E-state index is 12.3. The van der Waals surface area contributed by atoms with Gasteiger partial charge in [0.1, 0.15) is 23.2 Å². The molecule has 126 valence electrons. The molecule has 0 saturated carbocycles. The molecule has 2 aliphatic heterocycles. The first-order valence-electron chi connectivity index (χ1n) is 7.09. The lowest BCUT2D eigenvalue weighted by Gasteiger charge is -2.48. The molecule has 1 aromatic carbocycles. The van der Waals surface area contributed by atoms with E-state index in [1.54, 1.807) is 24.3 Å². The molecule has 0 bridgehead atoms. The quantitative estimate of drug-likeness (QED) is 0.672. The van der Waals surface area contributed by atoms with Crippen molar-refractivity contribution in [3.8, 4) is 0 Å². The van der Waals surface area contributed by atoms with Crippen molar-refractivity contribution in [3.63, 3.8) is 0 Å². The number of carboxylic acids is 1. The van der Waals surface area contributed by atoms with Crippen LogP contribution in [0.3, 0.4) is 0 Å². The normalized spacial score (nSPS) is 24.1. The number of hydrogen-bond acceptors (Lipinski definition) is 5. The molecule has 1 aromatic rings. The lowest BCUT2D eigenvalue weighted by Crippen LogP contribution is -2.70. The van der Waals surface area contributed by atoms with E-state index in [0.29, 0.717) is 5.56 Å². The van der Waals surface area contributed by atoms with E-state index in [4.69, 9.17) is 17.3 Å². The molecule has 4 N–H and O–H groups in total. The number of fused-ring (bicyclic) bond motifs is 1. The number of nitrogens with two attached hydrogens (primary N) is 1. The summed E-state index contributed by atoms with van der Waals surface area (Å²) in [5.74, 6) is -1.98. The molecule has 1 saturated heterocycles. The summed E-state index contributed by atoms with van der Waals surface area (Å²) in [5.41, 5.74) is 6.32. The summed E-state index contributed by atoms with van der Waals surface area (Å²) < 4.78 is 0. The SMILES string of the molecule is N[C@@H](C(=O)N[C@H]1C(=O)N2C(C(=O)O)=C(Cl)CS[C@H]12)c1ccccc1. The van der Waals surface area contributed by atoms with Gasteiger partial charge in [0.05, 0.1) is 5.03 Å². The van der Waals surface area contributed by atoms with Crippen LogP contribution >= 0.6 is 23.4 Å². The van der Waals surface area contributed by atoms with Crippen molar-refractivity contribution in [2.75, 3.05) is 5.75 Å². The van der Waals surface area contributed by atoms with Crippen LogP contribution in [0, 0.1) is 0 Å². The van der Waals surface area contributed by atoms with Gasteiger partial charge in [-0.25, -0.2) is 4.79 Å². The van der Waals surface area contributed by atoms with Crippen molar-refractivity contribution >= 4 is 41.1 Å². The topological polar surface area (TPSA) is 113 Å². The highest BCUT2D eigenvalue weighted by atomic mass is 35.5. The lowest BCUT2D eigenvalue weighted by molar-refractivity contribution is -0.150. The summed E-state index contributed by atoms with van der Waals surface area (Å²) in [5, 5.41) is 11.4. The van der Waals surface area contributed by atoms with Crippen LogP contribution in [0.25, 0.3) is 0 Å². The minimum atomic E-state index is -1.26. The second kappa shape index (κ2) is 6.46. The van der Waals surface area contributed by atoms with Crippen molar-refractivity contribution in [1.82, 2.24) is 10.2 Å². The van der Waals surface area contributed by atoms with E-state index in [-0.39, 0.29) is 16.5 Å². The van der Waals surface area contributed by atoms with E-state index < -0.39 is 35.2 Å². The molecule has 3 rings (SSSR count). The van der Waals surface area contributed by atoms with Gasteiger partial charge in [-0.15, -0.1) is 11.8 Å². The molecule has 3 atom stereocenters. The molecule has 1 fully saturated rings. The zero-order valence-electron chi connectivity index (χ0n) is 12.3. The van der Waals surface area contributed by atoms with Crippen LogP contribution < -0.4 is 11.1 Å². The van der Waals surface area contributed by atoms with Crippen LogP contribution in [0.15, 0.2) is 41.1 Å². The Balaban J connectivity index is 1.71. The molecule has 9 heteroatoms. The monoisotopic (exact) mass is 367 g/mol. The minimum Gasteiger partial charge on any atom is -0.477 e. The number of aliphatic carboxylic acids is 1. The van der Waals surface area contributed by atoms with E-state index in [0.717, 1.165) is 4.90 Å². The van der Waals surface area contributed by atoms with Crippen LogP contribution in [0.5, 0.6) is 0 Å². The van der Waals surface area contributed by atoms with Gasteiger partial charge in [0.15, 0.2) is 0 Å². The largest absolute Gasteiger partial charge is 0.477 e. The van der Waals surface area contributed by atoms with E-state index in [1.807, 2.05) is 6.07 Å². The summed E-state index contributed by atoms with van der Waals surface area (Å²) in [6, 6.07) is 7.07. The van der Waals surface area contributed by atoms with Gasteiger partial charge in [-0.1, -0.05) is 41.9 Å². The molecule has 0 spiro atoms. The molecular weight excluding hydrogens is 354 g/mol. The average Bonchev–Trinajstić information content (AvgIpc) is 2.59. The number of β-lactam (4-membered cyclic amide) rings is 1. The maximum Gasteiger partial charge on any atom is 0.353 e. The van der Waals surface area contributed by atoms with E-state index in [2.05, 4.69) is 5.32 Å². The highest BCUT2D eigenvalue weighted by Gasteiger charge is 2.54. The third kappa shape index (κ3) is 2.77. The standard InChI is InChI=1S/C15H14ClN3O4S/c16-8-6-24-14-10(13(21)19(14)11(8)15(22)23)18-12(20)9(17)7-4-2-1-3-5-7/h1-5,9-10,14H,6,17H2,(H,18,20)(H,22,23)/t9-,10+,14-/m1/s1. The van der Waals surface area contributed by atoms with Gasteiger partial charge in [0.25, 0.3) is 5.91 Å². The maximum atomic E-state index is 12.3. The number of carbonyl (C=O) groups excluding carboxylic acids is 2. The molecule has 7 nitrogen and oxygen atoms in total. The summed E-state index contributed by atoms with van der Waals surface area (Å²) >= 11 is 7.20. The number of benzene rings is 1. The highest BCUT2D eigenvalue weighted by molar-refractivity contribution is 8.00. The molecule has 24 heavy (non-hydrogen) atoms. The first-order chi connectivity index (χ1) is 11.4. The average molecular weight is 368 g/mol. The Bertz CT molecular complexity index is 739. The third-order valence-electron chi connectivity index (χ3n) is 3.86. The van der Waals surface area contributed by atoms with E-state index >= 15 is 0 Å². The van der Waals surface area contributed by atoms with Crippen LogP contribution in [0.4, 0.5) is 0 Å². The predicted molar refractivity (Wildman–Crippen MR) is 88.9 cm³/mol. The number of halogens is 1. The second-order valence-electron chi connectivity index (χ2n) is 5.34. The Kier molecular flexibility index (Phi) is 4.53. The number of carboxylic acid groups (broad SMARTS) is 1. The van der Waals surface area contributed by atoms with Crippen molar-refractivity contribution in [3.05, 3.63) is 46.6 Å². The molecule has 0 aromatic heterocycles. The number of hydrogen-bond donors (Lipinski definition) is 3. The van der Waals surface area contributed by atoms with Gasteiger partial charge < -0.3 is 16.2 Å². The van der Waals surface area contributed by atoms with Gasteiger partial charge in [0, 0.05) is 5.75 Å². The summed E-state index contributed by atoms with van der Waals surface area (Å²) in [6.45, 7) is 0. The first kappa shape index (κ1) is 16.8. The molecule has 0 unspecified atom stereocenters. The van der Waals surface area contributed by atoms with Crippen LogP contribution in [0.2, 0.25) is 0 Å². The molecule has 0 aliphatic carbocycles. The Labute approximate surface area is 146 Å². The fraction of sp³-hybridized carbons (Fsp3) is 0.267. The van der Waals surface area contributed by atoms with Gasteiger partial charge in [-0.05, 0) is 5.56 Å². The van der Waals surface area contributed by atoms with Crippen molar-refractivity contribution in [2.24, 2.45) is 5.73 Å². The minimum absolute atomic E-state index is 0.114. The molecular formula is C15H14ClN3O4S. The summed E-state index contributed by atoms with van der Waals surface area (Å²) in [4.78, 5) is 36.9. The number of rotatable bonds is 4. The van der Waals surface area contributed by atoms with Gasteiger partial charge in [-0.3, -0.25) is 14.5 Å². The first-order valence-corrected chi connectivity index (χ1v) is 8.52. The molecule has 2 heterocycles. The molecule has 0 radical (unpaired) electrons. The van der Waals surface area contributed by atoms with Gasteiger partial charge >= 0.3 is 5.97 Å². The fourth-order valence-corrected chi connectivity index (χ4v) is 4.19. The number of thioether (sulfide) groups is 1. The van der Waals surface area contributed by atoms with E-state index in [9.17, 15) is 19.5 Å². The Morgan fingerprint density at radius 1 is 1.38 bits per heavy atom. The van der Waals surface area contributed by atoms with Crippen LogP contribution in [0.1, 0.15) is 11.6 Å². The molecule has 2 aliphatic rings. The van der Waals surface area contributed by atoms with E-state index in [1.165, 1.54) is 11.8 Å². The number of nitrogens with zero attached hydrogens (tertiary/aromatic N) is 1.